The molecule has 0 aromatic heterocycles. The SMILES string of the molecule is CCOC(=O)[C@@]12C[C@H]1/C=C\COCCC[C@H](NC(=O)OC(C)(C)C)C(=O)N1C[C@H](OC=O)C[C@H]1C(=O)N2. The Morgan fingerprint density at radius 3 is 2.76 bits per heavy atom. The second kappa shape index (κ2) is 11.9. The number of ether oxygens (including phenoxy) is 4. The zero-order valence-corrected chi connectivity index (χ0v) is 21.8. The summed E-state index contributed by atoms with van der Waals surface area (Å²) in [5.41, 5.74) is -2.01. The van der Waals surface area contributed by atoms with Crippen LogP contribution in [0.1, 0.15) is 53.4 Å². The molecule has 2 fully saturated rings. The molecule has 206 valence electrons. The van der Waals surface area contributed by atoms with Gasteiger partial charge in [0.05, 0.1) is 19.8 Å². The molecule has 0 aromatic carbocycles. The van der Waals surface area contributed by atoms with Crippen LogP contribution in [0.3, 0.4) is 0 Å². The highest BCUT2D eigenvalue weighted by molar-refractivity contribution is 5.96. The molecular weight excluding hydrogens is 486 g/mol. The van der Waals surface area contributed by atoms with E-state index in [0.717, 1.165) is 0 Å². The molecule has 12 nitrogen and oxygen atoms in total. The lowest BCUT2D eigenvalue weighted by atomic mass is 10.1. The summed E-state index contributed by atoms with van der Waals surface area (Å²) in [4.78, 5) is 64.7. The van der Waals surface area contributed by atoms with Crippen molar-refractivity contribution < 1.29 is 42.9 Å². The van der Waals surface area contributed by atoms with Gasteiger partial charge < -0.3 is 34.5 Å². The van der Waals surface area contributed by atoms with E-state index in [4.69, 9.17) is 18.9 Å². The average Bonchev–Trinajstić information content (AvgIpc) is 3.33. The van der Waals surface area contributed by atoms with Crippen molar-refractivity contribution in [2.75, 3.05) is 26.4 Å². The second-order valence-corrected chi connectivity index (χ2v) is 10.4. The molecule has 3 aliphatic rings. The molecule has 0 spiro atoms. The summed E-state index contributed by atoms with van der Waals surface area (Å²) in [5.74, 6) is -1.91. The molecule has 0 aromatic rings. The maximum absolute atomic E-state index is 13.7. The molecule has 3 amide bonds. The minimum atomic E-state index is -1.24. The summed E-state index contributed by atoms with van der Waals surface area (Å²) < 4.78 is 21.3. The standard InChI is InChI=1S/C25H37N3O9/c1-5-35-22(32)25-13-16(25)8-6-10-34-11-7-9-18(26-23(33)37-24(2,3)4)21(31)28-14-17(36-15-29)12-19(28)20(30)27-25/h6,8,15-19H,5,7,9-14H2,1-4H3,(H,26,33)(H,27,30)/b8-6-/t16-,17-,18+,19+,25-/m1/s1. The molecule has 2 heterocycles. The Balaban J connectivity index is 1.88. The van der Waals surface area contributed by atoms with E-state index in [9.17, 15) is 24.0 Å². The van der Waals surface area contributed by atoms with E-state index in [1.807, 2.05) is 6.08 Å². The molecule has 1 saturated carbocycles. The molecule has 37 heavy (non-hydrogen) atoms. The van der Waals surface area contributed by atoms with E-state index in [-0.39, 0.29) is 38.4 Å². The number of nitrogens with one attached hydrogen (secondary N) is 2. The van der Waals surface area contributed by atoms with Crippen LogP contribution in [0.15, 0.2) is 12.2 Å². The predicted octanol–water partition coefficient (Wildman–Crippen LogP) is 0.827. The Bertz CT molecular complexity index is 916. The number of carbonyl (C=O) groups is 5. The molecule has 5 atom stereocenters. The summed E-state index contributed by atoms with van der Waals surface area (Å²) in [5, 5.41) is 5.42. The van der Waals surface area contributed by atoms with Gasteiger partial charge in [-0.05, 0) is 47.0 Å². The van der Waals surface area contributed by atoms with E-state index in [2.05, 4.69) is 10.6 Å². The molecule has 1 aliphatic carbocycles. The number of esters is 1. The molecule has 1 saturated heterocycles. The average molecular weight is 524 g/mol. The first-order valence-corrected chi connectivity index (χ1v) is 12.6. The third-order valence-electron chi connectivity index (χ3n) is 6.45. The van der Waals surface area contributed by atoms with Crippen molar-refractivity contribution in [1.29, 1.82) is 0 Å². The van der Waals surface area contributed by atoms with Gasteiger partial charge in [0, 0.05) is 18.9 Å². The van der Waals surface area contributed by atoms with Crippen LogP contribution < -0.4 is 10.6 Å². The van der Waals surface area contributed by atoms with Crippen LogP contribution >= 0.6 is 0 Å². The van der Waals surface area contributed by atoms with E-state index < -0.39 is 53.2 Å². The quantitative estimate of drug-likeness (QED) is 0.231. The molecule has 3 rings (SSSR count). The molecule has 0 radical (unpaired) electrons. The van der Waals surface area contributed by atoms with Gasteiger partial charge in [-0.1, -0.05) is 12.2 Å². The number of alkyl carbamates (subject to hydrolysis) is 1. The first-order valence-electron chi connectivity index (χ1n) is 12.6. The van der Waals surface area contributed by atoms with Crippen molar-refractivity contribution in [2.24, 2.45) is 5.92 Å². The van der Waals surface area contributed by atoms with E-state index >= 15 is 0 Å². The molecule has 12 heteroatoms. The third-order valence-corrected chi connectivity index (χ3v) is 6.45. The summed E-state index contributed by atoms with van der Waals surface area (Å²) in [6, 6.07) is -2.02. The van der Waals surface area contributed by atoms with Crippen molar-refractivity contribution in [2.45, 2.75) is 82.7 Å². The van der Waals surface area contributed by atoms with Crippen LogP contribution in [0.5, 0.6) is 0 Å². The molecule has 0 unspecified atom stereocenters. The van der Waals surface area contributed by atoms with Crippen molar-refractivity contribution in [1.82, 2.24) is 15.5 Å². The Morgan fingerprint density at radius 1 is 1.32 bits per heavy atom. The highest BCUT2D eigenvalue weighted by atomic mass is 16.6. The zero-order chi connectivity index (χ0) is 27.2. The van der Waals surface area contributed by atoms with Gasteiger partial charge in [-0.25, -0.2) is 9.59 Å². The minimum absolute atomic E-state index is 0.0333. The van der Waals surface area contributed by atoms with Crippen molar-refractivity contribution >= 4 is 30.3 Å². The van der Waals surface area contributed by atoms with Gasteiger partial charge in [-0.15, -0.1) is 0 Å². The number of amides is 3. The Hall–Kier alpha value is -3.15. The van der Waals surface area contributed by atoms with Gasteiger partial charge in [0.1, 0.15) is 29.3 Å². The Labute approximate surface area is 216 Å². The fourth-order valence-electron chi connectivity index (χ4n) is 4.65. The highest BCUT2D eigenvalue weighted by Crippen LogP contribution is 2.46. The van der Waals surface area contributed by atoms with Gasteiger partial charge in [0.15, 0.2) is 0 Å². The topological polar surface area (TPSA) is 150 Å². The summed E-state index contributed by atoms with van der Waals surface area (Å²) >= 11 is 0. The molecule has 2 N–H and O–H groups in total. The lowest BCUT2D eigenvalue weighted by Crippen LogP contribution is -2.56. The predicted molar refractivity (Wildman–Crippen MR) is 129 cm³/mol. The number of fused-ring (bicyclic) bond motifs is 2. The monoisotopic (exact) mass is 523 g/mol. The molecular formula is C25H37N3O9. The number of rotatable bonds is 5. The first-order chi connectivity index (χ1) is 17.5. The summed E-state index contributed by atoms with van der Waals surface area (Å²) in [6.07, 6.45) is 3.22. The van der Waals surface area contributed by atoms with Gasteiger partial charge in [-0.2, -0.15) is 0 Å². The smallest absolute Gasteiger partial charge is 0.408 e. The maximum Gasteiger partial charge on any atom is 0.408 e. The van der Waals surface area contributed by atoms with Crippen molar-refractivity contribution in [3.63, 3.8) is 0 Å². The van der Waals surface area contributed by atoms with Gasteiger partial charge in [-0.3, -0.25) is 14.4 Å². The highest BCUT2D eigenvalue weighted by Gasteiger charge is 2.62. The normalized spacial score (nSPS) is 31.4. The number of nitrogens with zero attached hydrogens (tertiary/aromatic N) is 1. The lowest BCUT2D eigenvalue weighted by Gasteiger charge is -2.30. The van der Waals surface area contributed by atoms with Crippen LogP contribution in [0, 0.1) is 5.92 Å². The number of hydrogen-bond donors (Lipinski definition) is 2. The van der Waals surface area contributed by atoms with E-state index in [1.165, 1.54) is 4.90 Å². The van der Waals surface area contributed by atoms with Crippen LogP contribution in [-0.4, -0.2) is 90.9 Å². The lowest BCUT2D eigenvalue weighted by molar-refractivity contribution is -0.150. The van der Waals surface area contributed by atoms with Crippen molar-refractivity contribution in [3.05, 3.63) is 12.2 Å². The van der Waals surface area contributed by atoms with Crippen LogP contribution in [0.25, 0.3) is 0 Å². The Morgan fingerprint density at radius 2 is 2.08 bits per heavy atom. The third kappa shape index (κ3) is 7.21. The number of carbonyl (C=O) groups excluding carboxylic acids is 5. The summed E-state index contributed by atoms with van der Waals surface area (Å²) in [7, 11) is 0. The largest absolute Gasteiger partial charge is 0.464 e. The molecule has 2 aliphatic heterocycles. The summed E-state index contributed by atoms with van der Waals surface area (Å²) in [6.45, 7) is 7.81. The first kappa shape index (κ1) is 28.4. The van der Waals surface area contributed by atoms with E-state index in [0.29, 0.717) is 26.1 Å². The zero-order valence-electron chi connectivity index (χ0n) is 21.8. The number of hydrogen-bond acceptors (Lipinski definition) is 9. The maximum atomic E-state index is 13.7. The fraction of sp³-hybridized carbons (Fsp3) is 0.720. The van der Waals surface area contributed by atoms with Gasteiger partial charge >= 0.3 is 12.1 Å². The van der Waals surface area contributed by atoms with Gasteiger partial charge in [0.2, 0.25) is 11.8 Å². The van der Waals surface area contributed by atoms with Crippen LogP contribution in [0.2, 0.25) is 0 Å². The Kier molecular flexibility index (Phi) is 9.16. The second-order valence-electron chi connectivity index (χ2n) is 10.4. The van der Waals surface area contributed by atoms with Crippen LogP contribution in [-0.2, 0) is 38.1 Å². The van der Waals surface area contributed by atoms with Gasteiger partial charge in [0.25, 0.3) is 6.47 Å². The fourth-order valence-corrected chi connectivity index (χ4v) is 4.65. The van der Waals surface area contributed by atoms with E-state index in [1.54, 1.807) is 33.8 Å². The molecule has 0 bridgehead atoms. The minimum Gasteiger partial charge on any atom is -0.464 e. The van der Waals surface area contributed by atoms with Crippen molar-refractivity contribution in [3.8, 4) is 0 Å². The van der Waals surface area contributed by atoms with Crippen LogP contribution in [0.4, 0.5) is 4.79 Å².